The van der Waals surface area contributed by atoms with Crippen LogP contribution in [0.3, 0.4) is 0 Å². The fourth-order valence-corrected chi connectivity index (χ4v) is 3.40. The van der Waals surface area contributed by atoms with Gasteiger partial charge in [-0.2, -0.15) is 0 Å². The first-order valence-corrected chi connectivity index (χ1v) is 10.3. The first-order valence-electron chi connectivity index (χ1n) is 10.3. The minimum atomic E-state index is -0.951. The normalized spacial score (nSPS) is 15.0. The van der Waals surface area contributed by atoms with Crippen molar-refractivity contribution in [2.75, 3.05) is 5.32 Å². The van der Waals surface area contributed by atoms with Crippen molar-refractivity contribution in [1.29, 1.82) is 0 Å². The number of carbonyl (C=O) groups is 3. The van der Waals surface area contributed by atoms with E-state index < -0.39 is 18.0 Å². The van der Waals surface area contributed by atoms with Gasteiger partial charge in [0.25, 0.3) is 11.8 Å². The zero-order chi connectivity index (χ0) is 21.3. The molecule has 1 aliphatic rings. The third-order valence-electron chi connectivity index (χ3n) is 5.01. The van der Waals surface area contributed by atoms with Crippen LogP contribution in [0, 0.1) is 0 Å². The van der Waals surface area contributed by atoms with Crippen LogP contribution in [0.2, 0.25) is 0 Å². The number of nitrogens with one attached hydrogen (secondary N) is 3. The van der Waals surface area contributed by atoms with Gasteiger partial charge in [0.2, 0.25) is 0 Å². The van der Waals surface area contributed by atoms with Crippen LogP contribution in [0.5, 0.6) is 5.75 Å². The van der Waals surface area contributed by atoms with Crippen molar-refractivity contribution in [3.05, 3.63) is 60.2 Å². The van der Waals surface area contributed by atoms with Gasteiger partial charge in [0.1, 0.15) is 5.75 Å². The molecule has 7 nitrogen and oxygen atoms in total. The molecule has 2 aromatic rings. The van der Waals surface area contributed by atoms with Crippen molar-refractivity contribution in [3.8, 4) is 5.75 Å². The molecule has 0 bridgehead atoms. The monoisotopic (exact) mass is 409 g/mol. The largest absolute Gasteiger partial charge is 0.480 e. The maximum Gasteiger partial charge on any atom is 0.321 e. The number of ether oxygens (including phenoxy) is 1. The van der Waals surface area contributed by atoms with E-state index in [0.717, 1.165) is 25.7 Å². The Morgan fingerprint density at radius 1 is 0.933 bits per heavy atom. The smallest absolute Gasteiger partial charge is 0.321 e. The molecule has 0 saturated heterocycles. The van der Waals surface area contributed by atoms with Gasteiger partial charge < -0.3 is 15.4 Å². The number of anilines is 1. The molecule has 0 spiro atoms. The number of benzene rings is 2. The third kappa shape index (κ3) is 6.07. The zero-order valence-corrected chi connectivity index (χ0v) is 17.0. The summed E-state index contributed by atoms with van der Waals surface area (Å²) in [4.78, 5) is 37.1. The summed E-state index contributed by atoms with van der Waals surface area (Å²) in [7, 11) is 0. The average Bonchev–Trinajstić information content (AvgIpc) is 2.75. The summed E-state index contributed by atoms with van der Waals surface area (Å²) in [5, 5.41) is 7.95. The highest BCUT2D eigenvalue weighted by Crippen LogP contribution is 2.21. The van der Waals surface area contributed by atoms with Crippen LogP contribution in [0.15, 0.2) is 54.6 Å². The highest BCUT2D eigenvalue weighted by Gasteiger charge is 2.22. The molecule has 0 aromatic heterocycles. The second-order valence-corrected chi connectivity index (χ2v) is 7.37. The first kappa shape index (κ1) is 21.4. The molecule has 3 N–H and O–H groups in total. The minimum absolute atomic E-state index is 0.102. The first-order chi connectivity index (χ1) is 14.5. The second kappa shape index (κ2) is 10.4. The van der Waals surface area contributed by atoms with E-state index in [1.807, 2.05) is 18.2 Å². The topological polar surface area (TPSA) is 96.5 Å². The van der Waals surface area contributed by atoms with Gasteiger partial charge in [-0.25, -0.2) is 4.79 Å². The standard InChI is InChI=1S/C23H27N3O4/c1-16(21(27)26-23(29)25-18-12-6-3-7-13-18)30-20-15-9-8-14-19(20)22(28)24-17-10-4-2-5-11-17/h2,4-5,8-11,14-16,18H,3,6-7,12-13H2,1H3,(H,24,28)(H2,25,26,27,29)/t16-/m1/s1. The van der Waals surface area contributed by atoms with Gasteiger partial charge in [-0.1, -0.05) is 49.6 Å². The Labute approximate surface area is 176 Å². The summed E-state index contributed by atoms with van der Waals surface area (Å²) in [5.74, 6) is -0.651. The van der Waals surface area contributed by atoms with E-state index >= 15 is 0 Å². The number of hydrogen-bond acceptors (Lipinski definition) is 4. The lowest BCUT2D eigenvalue weighted by Gasteiger charge is -2.23. The minimum Gasteiger partial charge on any atom is -0.480 e. The molecule has 0 radical (unpaired) electrons. The van der Waals surface area contributed by atoms with E-state index in [4.69, 9.17) is 4.74 Å². The summed E-state index contributed by atoms with van der Waals surface area (Å²) < 4.78 is 5.70. The third-order valence-corrected chi connectivity index (χ3v) is 5.01. The van der Waals surface area contributed by atoms with Crippen molar-refractivity contribution in [1.82, 2.24) is 10.6 Å². The molecule has 0 aliphatic heterocycles. The van der Waals surface area contributed by atoms with E-state index in [2.05, 4.69) is 16.0 Å². The lowest BCUT2D eigenvalue weighted by atomic mass is 9.96. The highest BCUT2D eigenvalue weighted by atomic mass is 16.5. The molecule has 2 aromatic carbocycles. The molecule has 0 heterocycles. The molecule has 4 amide bonds. The van der Waals surface area contributed by atoms with Gasteiger partial charge in [0.05, 0.1) is 5.56 Å². The van der Waals surface area contributed by atoms with Crippen molar-refractivity contribution in [3.63, 3.8) is 0 Å². The van der Waals surface area contributed by atoms with Crippen LogP contribution in [-0.2, 0) is 4.79 Å². The Bertz CT molecular complexity index is 879. The van der Waals surface area contributed by atoms with Crippen molar-refractivity contribution >= 4 is 23.5 Å². The lowest BCUT2D eigenvalue weighted by molar-refractivity contribution is -0.126. The summed E-state index contributed by atoms with van der Waals surface area (Å²) in [6.07, 6.45) is 4.25. The second-order valence-electron chi connectivity index (χ2n) is 7.37. The molecule has 1 atom stereocenters. The quantitative estimate of drug-likeness (QED) is 0.675. The molecule has 30 heavy (non-hydrogen) atoms. The van der Waals surface area contributed by atoms with Gasteiger partial charge in [-0.05, 0) is 44.0 Å². The van der Waals surface area contributed by atoms with Gasteiger partial charge in [-0.15, -0.1) is 0 Å². The van der Waals surface area contributed by atoms with Crippen molar-refractivity contribution in [2.24, 2.45) is 0 Å². The Morgan fingerprint density at radius 3 is 2.33 bits per heavy atom. The maximum atomic E-state index is 12.6. The van der Waals surface area contributed by atoms with Crippen LogP contribution < -0.4 is 20.7 Å². The Kier molecular flexibility index (Phi) is 7.43. The van der Waals surface area contributed by atoms with Gasteiger partial charge >= 0.3 is 6.03 Å². The SMILES string of the molecule is C[C@@H](Oc1ccccc1C(=O)Nc1ccccc1)C(=O)NC(=O)NC1CCCCC1. The summed E-state index contributed by atoms with van der Waals surface area (Å²) in [6.45, 7) is 1.54. The Morgan fingerprint density at radius 2 is 1.60 bits per heavy atom. The molecular weight excluding hydrogens is 382 g/mol. The zero-order valence-electron chi connectivity index (χ0n) is 17.0. The fourth-order valence-electron chi connectivity index (χ4n) is 3.40. The molecule has 1 saturated carbocycles. The molecule has 7 heteroatoms. The van der Waals surface area contributed by atoms with Crippen LogP contribution in [0.4, 0.5) is 10.5 Å². The summed E-state index contributed by atoms with van der Waals surface area (Å²) in [6, 6.07) is 15.3. The Hall–Kier alpha value is -3.35. The van der Waals surface area contributed by atoms with E-state index in [9.17, 15) is 14.4 Å². The van der Waals surface area contributed by atoms with Crippen LogP contribution >= 0.6 is 0 Å². The number of imide groups is 1. The van der Waals surface area contributed by atoms with Crippen molar-refractivity contribution < 1.29 is 19.1 Å². The molecule has 3 rings (SSSR count). The van der Waals surface area contributed by atoms with E-state index in [1.54, 1.807) is 36.4 Å². The predicted octanol–water partition coefficient (Wildman–Crippen LogP) is 3.86. The van der Waals surface area contributed by atoms with E-state index in [1.165, 1.54) is 13.3 Å². The average molecular weight is 409 g/mol. The van der Waals surface area contributed by atoms with Crippen LogP contribution in [0.1, 0.15) is 49.4 Å². The molecule has 158 valence electrons. The van der Waals surface area contributed by atoms with Gasteiger partial charge in [0.15, 0.2) is 6.10 Å². The van der Waals surface area contributed by atoms with Crippen LogP contribution in [0.25, 0.3) is 0 Å². The molecule has 1 aliphatic carbocycles. The number of rotatable bonds is 6. The summed E-state index contributed by atoms with van der Waals surface area (Å²) >= 11 is 0. The lowest BCUT2D eigenvalue weighted by Crippen LogP contribution is -2.48. The summed E-state index contributed by atoms with van der Waals surface area (Å²) in [5.41, 5.74) is 0.954. The van der Waals surface area contributed by atoms with Crippen LogP contribution in [-0.4, -0.2) is 30.0 Å². The fraction of sp³-hybridized carbons (Fsp3) is 0.348. The Balaban J connectivity index is 1.57. The molecule has 1 fully saturated rings. The van der Waals surface area contributed by atoms with Gasteiger partial charge in [-0.3, -0.25) is 14.9 Å². The number of para-hydroxylation sites is 2. The van der Waals surface area contributed by atoms with Crippen molar-refractivity contribution in [2.45, 2.75) is 51.2 Å². The van der Waals surface area contributed by atoms with E-state index in [-0.39, 0.29) is 17.7 Å². The highest BCUT2D eigenvalue weighted by molar-refractivity contribution is 6.06. The number of carbonyl (C=O) groups excluding carboxylic acids is 3. The molecular formula is C23H27N3O4. The number of amides is 4. The number of hydrogen-bond donors (Lipinski definition) is 3. The maximum absolute atomic E-state index is 12.6. The van der Waals surface area contributed by atoms with E-state index in [0.29, 0.717) is 11.3 Å². The van der Waals surface area contributed by atoms with Gasteiger partial charge in [0, 0.05) is 11.7 Å². The predicted molar refractivity (Wildman–Crippen MR) is 114 cm³/mol. The molecule has 0 unspecified atom stereocenters. The number of urea groups is 1.